The number of nitrogens with one attached hydrogen (secondary N) is 1. The maximum atomic E-state index is 4.68. The Morgan fingerprint density at radius 3 is 3.05 bits per heavy atom. The highest BCUT2D eigenvalue weighted by Gasteiger charge is 2.25. The van der Waals surface area contributed by atoms with Gasteiger partial charge in [0.15, 0.2) is 0 Å². The minimum Gasteiger partial charge on any atom is -0.349 e. The molecule has 0 fully saturated rings. The van der Waals surface area contributed by atoms with Crippen LogP contribution >= 0.6 is 11.3 Å². The van der Waals surface area contributed by atoms with Gasteiger partial charge in [0, 0.05) is 24.2 Å². The Balaban J connectivity index is 1.70. The molecule has 0 radical (unpaired) electrons. The van der Waals surface area contributed by atoms with Gasteiger partial charge in [0.1, 0.15) is 5.82 Å². The predicted molar refractivity (Wildman–Crippen MR) is 90.0 cm³/mol. The molecule has 1 aliphatic heterocycles. The van der Waals surface area contributed by atoms with E-state index in [0.717, 1.165) is 31.9 Å². The van der Waals surface area contributed by atoms with E-state index in [1.54, 1.807) is 4.88 Å². The van der Waals surface area contributed by atoms with Gasteiger partial charge in [-0.2, -0.15) is 0 Å². The van der Waals surface area contributed by atoms with Crippen molar-refractivity contribution in [3.8, 4) is 0 Å². The summed E-state index contributed by atoms with van der Waals surface area (Å²) >= 11 is 1.88. The van der Waals surface area contributed by atoms with Gasteiger partial charge in [-0.3, -0.25) is 0 Å². The van der Waals surface area contributed by atoms with Gasteiger partial charge in [0.05, 0.1) is 6.04 Å². The van der Waals surface area contributed by atoms with Gasteiger partial charge >= 0.3 is 0 Å². The fourth-order valence-electron chi connectivity index (χ4n) is 2.92. The summed E-state index contributed by atoms with van der Waals surface area (Å²) in [7, 11) is 0. The Kier molecular flexibility index (Phi) is 4.56. The zero-order valence-electron chi connectivity index (χ0n) is 12.8. The third-order valence-corrected chi connectivity index (χ3v) is 5.13. The van der Waals surface area contributed by atoms with Crippen LogP contribution in [0.3, 0.4) is 0 Å². The Morgan fingerprint density at radius 1 is 1.38 bits per heavy atom. The molecule has 0 spiro atoms. The molecule has 0 saturated heterocycles. The number of fused-ring (bicyclic) bond motifs is 1. The van der Waals surface area contributed by atoms with E-state index in [0.29, 0.717) is 6.04 Å². The highest BCUT2D eigenvalue weighted by Crippen LogP contribution is 2.35. The standard InChI is InChI=1S/C17H23N3S/c1-3-8-18-11-14-4-5-17(19-12-14)20-9-6-16-15(13(20)2)7-10-21-16/h4-5,7,10,12-13,18H,3,6,8-9,11H2,1-2H3. The SMILES string of the molecule is CCCNCc1ccc(N2CCc3sccc3C2C)nc1. The second kappa shape index (κ2) is 6.58. The molecule has 0 saturated carbocycles. The van der Waals surface area contributed by atoms with Crippen molar-refractivity contribution in [1.29, 1.82) is 0 Å². The topological polar surface area (TPSA) is 28.2 Å². The minimum absolute atomic E-state index is 0.427. The van der Waals surface area contributed by atoms with Crippen molar-refractivity contribution in [2.24, 2.45) is 0 Å². The largest absolute Gasteiger partial charge is 0.349 e. The Morgan fingerprint density at radius 2 is 2.29 bits per heavy atom. The molecule has 3 rings (SSSR count). The van der Waals surface area contributed by atoms with Crippen LogP contribution < -0.4 is 10.2 Å². The normalized spacial score (nSPS) is 17.8. The van der Waals surface area contributed by atoms with Gasteiger partial charge < -0.3 is 10.2 Å². The Bertz CT molecular complexity index is 576. The van der Waals surface area contributed by atoms with Crippen LogP contribution in [0.5, 0.6) is 0 Å². The van der Waals surface area contributed by atoms with Gasteiger partial charge in [-0.25, -0.2) is 4.98 Å². The van der Waals surface area contributed by atoms with Gasteiger partial charge in [-0.05, 0) is 54.9 Å². The van der Waals surface area contributed by atoms with E-state index in [9.17, 15) is 0 Å². The number of thiophene rings is 1. The molecule has 3 nitrogen and oxygen atoms in total. The van der Waals surface area contributed by atoms with E-state index >= 15 is 0 Å². The summed E-state index contributed by atoms with van der Waals surface area (Å²) in [5.41, 5.74) is 2.73. The van der Waals surface area contributed by atoms with Crippen LogP contribution in [0.4, 0.5) is 5.82 Å². The fraction of sp³-hybridized carbons (Fsp3) is 0.471. The van der Waals surface area contributed by atoms with Gasteiger partial charge in [0.2, 0.25) is 0 Å². The molecular weight excluding hydrogens is 278 g/mol. The van der Waals surface area contributed by atoms with E-state index < -0.39 is 0 Å². The minimum atomic E-state index is 0.427. The predicted octanol–water partition coefficient (Wildman–Crippen LogP) is 3.77. The van der Waals surface area contributed by atoms with E-state index in [1.165, 1.54) is 17.5 Å². The molecule has 0 amide bonds. The molecule has 3 heterocycles. The smallest absolute Gasteiger partial charge is 0.128 e. The summed E-state index contributed by atoms with van der Waals surface area (Å²) in [6.07, 6.45) is 4.31. The molecule has 112 valence electrons. The first-order chi connectivity index (χ1) is 10.3. The molecule has 1 atom stereocenters. The molecule has 0 aromatic carbocycles. The molecule has 1 aliphatic rings. The second-order valence-electron chi connectivity index (χ2n) is 5.62. The lowest BCUT2D eigenvalue weighted by Crippen LogP contribution is -2.33. The quantitative estimate of drug-likeness (QED) is 0.852. The first-order valence-corrected chi connectivity index (χ1v) is 8.66. The molecule has 2 aromatic rings. The molecule has 1 N–H and O–H groups in total. The van der Waals surface area contributed by atoms with Crippen LogP contribution in [0.1, 0.15) is 42.3 Å². The van der Waals surface area contributed by atoms with Crippen molar-refractivity contribution in [2.45, 2.75) is 39.3 Å². The maximum Gasteiger partial charge on any atom is 0.128 e. The molecular formula is C17H23N3S. The van der Waals surface area contributed by atoms with Crippen molar-refractivity contribution in [1.82, 2.24) is 10.3 Å². The number of aromatic nitrogens is 1. The van der Waals surface area contributed by atoms with Crippen LogP contribution in [0, 0.1) is 0 Å². The highest BCUT2D eigenvalue weighted by molar-refractivity contribution is 7.10. The monoisotopic (exact) mass is 301 g/mol. The van der Waals surface area contributed by atoms with E-state index in [1.807, 2.05) is 17.5 Å². The molecule has 0 aliphatic carbocycles. The Hall–Kier alpha value is -1.39. The highest BCUT2D eigenvalue weighted by atomic mass is 32.1. The summed E-state index contributed by atoms with van der Waals surface area (Å²) in [6.45, 7) is 7.50. The van der Waals surface area contributed by atoms with Crippen LogP contribution in [0.2, 0.25) is 0 Å². The van der Waals surface area contributed by atoms with Gasteiger partial charge in [0.25, 0.3) is 0 Å². The van der Waals surface area contributed by atoms with E-state index in [4.69, 9.17) is 0 Å². The number of hydrogen-bond donors (Lipinski definition) is 1. The Labute approximate surface area is 131 Å². The molecule has 0 bridgehead atoms. The van der Waals surface area contributed by atoms with Crippen molar-refractivity contribution < 1.29 is 0 Å². The summed E-state index contributed by atoms with van der Waals surface area (Å²) in [5.74, 6) is 1.10. The third-order valence-electron chi connectivity index (χ3n) is 4.14. The fourth-order valence-corrected chi connectivity index (χ4v) is 3.89. The maximum absolute atomic E-state index is 4.68. The average molecular weight is 301 g/mol. The number of anilines is 1. The van der Waals surface area contributed by atoms with Crippen LogP contribution in [0.15, 0.2) is 29.8 Å². The zero-order chi connectivity index (χ0) is 14.7. The molecule has 1 unspecified atom stereocenters. The second-order valence-corrected chi connectivity index (χ2v) is 6.62. The molecule has 2 aromatic heterocycles. The summed E-state index contributed by atoms with van der Waals surface area (Å²) in [6, 6.07) is 7.05. The summed E-state index contributed by atoms with van der Waals surface area (Å²) in [5, 5.41) is 5.63. The van der Waals surface area contributed by atoms with E-state index in [2.05, 4.69) is 52.6 Å². The zero-order valence-corrected chi connectivity index (χ0v) is 13.6. The van der Waals surface area contributed by atoms with Crippen LogP contribution in [-0.4, -0.2) is 18.1 Å². The number of hydrogen-bond acceptors (Lipinski definition) is 4. The van der Waals surface area contributed by atoms with Gasteiger partial charge in [-0.1, -0.05) is 13.0 Å². The van der Waals surface area contributed by atoms with Crippen LogP contribution in [-0.2, 0) is 13.0 Å². The van der Waals surface area contributed by atoms with Crippen molar-refractivity contribution >= 4 is 17.2 Å². The van der Waals surface area contributed by atoms with Crippen molar-refractivity contribution in [3.05, 3.63) is 45.8 Å². The lowest BCUT2D eigenvalue weighted by Gasteiger charge is -2.34. The average Bonchev–Trinajstić information content (AvgIpc) is 2.98. The molecule has 21 heavy (non-hydrogen) atoms. The van der Waals surface area contributed by atoms with Crippen LogP contribution in [0.25, 0.3) is 0 Å². The number of pyridine rings is 1. The lowest BCUT2D eigenvalue weighted by molar-refractivity contribution is 0.623. The number of nitrogens with zero attached hydrogens (tertiary/aromatic N) is 2. The lowest BCUT2D eigenvalue weighted by atomic mass is 10.0. The van der Waals surface area contributed by atoms with Gasteiger partial charge in [-0.15, -0.1) is 11.3 Å². The number of rotatable bonds is 5. The first-order valence-electron chi connectivity index (χ1n) is 7.78. The van der Waals surface area contributed by atoms with Crippen molar-refractivity contribution in [3.63, 3.8) is 0 Å². The third kappa shape index (κ3) is 3.11. The van der Waals surface area contributed by atoms with E-state index in [-0.39, 0.29) is 0 Å². The molecule has 4 heteroatoms. The van der Waals surface area contributed by atoms with Crippen molar-refractivity contribution in [2.75, 3.05) is 18.0 Å². The summed E-state index contributed by atoms with van der Waals surface area (Å²) in [4.78, 5) is 8.63. The summed E-state index contributed by atoms with van der Waals surface area (Å²) < 4.78 is 0. The first kappa shape index (κ1) is 14.5.